The first-order valence-corrected chi connectivity index (χ1v) is 7.54. The number of benzene rings is 1. The molecule has 0 spiro atoms. The monoisotopic (exact) mass is 301 g/mol. The standard InChI is InChI=1S/C17H23N3O2/c1-13(15-6-4-3-5-7-15)8-9-20(12-17(21)22)11-16-10-18-14(2)19-16/h3-7,10,13H,8-9,11-12H2,1-2H3,(H,18,19)(H,21,22). The smallest absolute Gasteiger partial charge is 0.317 e. The van der Waals surface area contributed by atoms with Crippen LogP contribution < -0.4 is 0 Å². The largest absolute Gasteiger partial charge is 0.480 e. The van der Waals surface area contributed by atoms with Gasteiger partial charge in [0, 0.05) is 18.4 Å². The molecule has 0 aliphatic heterocycles. The summed E-state index contributed by atoms with van der Waals surface area (Å²) in [6.45, 7) is 5.42. The minimum absolute atomic E-state index is 0.0412. The van der Waals surface area contributed by atoms with Crippen LogP contribution in [-0.4, -0.2) is 39.0 Å². The number of aliphatic carboxylic acids is 1. The Balaban J connectivity index is 1.93. The van der Waals surface area contributed by atoms with Crippen molar-refractivity contribution in [3.63, 3.8) is 0 Å². The van der Waals surface area contributed by atoms with E-state index in [1.807, 2.05) is 30.0 Å². The summed E-state index contributed by atoms with van der Waals surface area (Å²) in [5.74, 6) is 0.451. The van der Waals surface area contributed by atoms with Crippen molar-refractivity contribution in [1.29, 1.82) is 0 Å². The Kier molecular flexibility index (Phi) is 5.72. The van der Waals surface area contributed by atoms with E-state index < -0.39 is 5.97 Å². The zero-order chi connectivity index (χ0) is 15.9. The first-order valence-electron chi connectivity index (χ1n) is 7.54. The Bertz CT molecular complexity index is 595. The Hall–Kier alpha value is -2.14. The van der Waals surface area contributed by atoms with Crippen molar-refractivity contribution in [2.75, 3.05) is 13.1 Å². The molecule has 1 aromatic carbocycles. The third-order valence-electron chi connectivity index (χ3n) is 3.76. The number of rotatable bonds is 8. The zero-order valence-electron chi connectivity index (χ0n) is 13.1. The molecule has 5 nitrogen and oxygen atoms in total. The van der Waals surface area contributed by atoms with Crippen molar-refractivity contribution in [2.45, 2.75) is 32.7 Å². The Labute approximate surface area is 131 Å². The Morgan fingerprint density at radius 2 is 2.09 bits per heavy atom. The molecule has 0 bridgehead atoms. The van der Waals surface area contributed by atoms with Crippen LogP contribution in [0, 0.1) is 6.92 Å². The minimum Gasteiger partial charge on any atom is -0.480 e. The van der Waals surface area contributed by atoms with Gasteiger partial charge in [0.25, 0.3) is 0 Å². The summed E-state index contributed by atoms with van der Waals surface area (Å²) in [6.07, 6.45) is 2.69. The van der Waals surface area contributed by atoms with Gasteiger partial charge in [0.15, 0.2) is 0 Å². The molecular weight excluding hydrogens is 278 g/mol. The predicted octanol–water partition coefficient (Wildman–Crippen LogP) is 2.80. The van der Waals surface area contributed by atoms with Crippen molar-refractivity contribution in [3.8, 4) is 0 Å². The number of H-pyrrole nitrogens is 1. The summed E-state index contributed by atoms with van der Waals surface area (Å²) in [5.41, 5.74) is 2.24. The third kappa shape index (κ3) is 5.00. The van der Waals surface area contributed by atoms with E-state index in [4.69, 9.17) is 5.11 Å². The molecule has 1 atom stereocenters. The molecule has 2 rings (SSSR count). The number of aromatic nitrogens is 2. The molecular formula is C17H23N3O2. The van der Waals surface area contributed by atoms with Crippen molar-refractivity contribution >= 4 is 5.97 Å². The molecule has 5 heteroatoms. The van der Waals surface area contributed by atoms with E-state index in [0.29, 0.717) is 12.5 Å². The highest BCUT2D eigenvalue weighted by Crippen LogP contribution is 2.19. The van der Waals surface area contributed by atoms with Gasteiger partial charge in [0.1, 0.15) is 5.82 Å². The second-order valence-corrected chi connectivity index (χ2v) is 5.70. The highest BCUT2D eigenvalue weighted by Gasteiger charge is 2.14. The fourth-order valence-corrected chi connectivity index (χ4v) is 2.52. The molecule has 1 unspecified atom stereocenters. The fraction of sp³-hybridized carbons (Fsp3) is 0.412. The van der Waals surface area contributed by atoms with E-state index >= 15 is 0 Å². The molecule has 0 fully saturated rings. The summed E-state index contributed by atoms with van der Waals surface area (Å²) in [7, 11) is 0. The normalized spacial score (nSPS) is 12.5. The van der Waals surface area contributed by atoms with Gasteiger partial charge in [-0.3, -0.25) is 9.69 Å². The van der Waals surface area contributed by atoms with E-state index in [0.717, 1.165) is 24.5 Å². The topological polar surface area (TPSA) is 69.2 Å². The summed E-state index contributed by atoms with van der Waals surface area (Å²) in [5, 5.41) is 9.08. The van der Waals surface area contributed by atoms with E-state index in [-0.39, 0.29) is 6.54 Å². The zero-order valence-corrected chi connectivity index (χ0v) is 13.1. The lowest BCUT2D eigenvalue weighted by Crippen LogP contribution is -2.31. The highest BCUT2D eigenvalue weighted by atomic mass is 16.4. The van der Waals surface area contributed by atoms with Crippen molar-refractivity contribution < 1.29 is 9.90 Å². The Morgan fingerprint density at radius 1 is 1.36 bits per heavy atom. The molecule has 2 N–H and O–H groups in total. The summed E-state index contributed by atoms with van der Waals surface area (Å²) >= 11 is 0. The van der Waals surface area contributed by atoms with Crippen LogP contribution >= 0.6 is 0 Å². The van der Waals surface area contributed by atoms with Crippen molar-refractivity contribution in [1.82, 2.24) is 14.9 Å². The maximum absolute atomic E-state index is 11.1. The molecule has 2 aromatic rings. The van der Waals surface area contributed by atoms with Gasteiger partial charge in [-0.05, 0) is 31.4 Å². The van der Waals surface area contributed by atoms with E-state index in [1.165, 1.54) is 5.56 Å². The molecule has 0 saturated heterocycles. The van der Waals surface area contributed by atoms with E-state index in [1.54, 1.807) is 6.20 Å². The average molecular weight is 301 g/mol. The first-order chi connectivity index (χ1) is 10.5. The second-order valence-electron chi connectivity index (χ2n) is 5.70. The van der Waals surface area contributed by atoms with Gasteiger partial charge in [-0.2, -0.15) is 0 Å². The highest BCUT2D eigenvalue weighted by molar-refractivity contribution is 5.69. The SMILES string of the molecule is Cc1ncc(CN(CCC(C)c2ccccc2)CC(=O)O)[nH]1. The van der Waals surface area contributed by atoms with Gasteiger partial charge >= 0.3 is 5.97 Å². The summed E-state index contributed by atoms with van der Waals surface area (Å²) in [4.78, 5) is 20.3. The number of carboxylic acid groups (broad SMARTS) is 1. The molecule has 0 aliphatic rings. The number of aromatic amines is 1. The van der Waals surface area contributed by atoms with Crippen LogP contribution in [0.2, 0.25) is 0 Å². The van der Waals surface area contributed by atoms with Crippen molar-refractivity contribution in [2.24, 2.45) is 0 Å². The van der Waals surface area contributed by atoms with Crippen LogP contribution in [0.1, 0.15) is 36.3 Å². The molecule has 0 amide bonds. The van der Waals surface area contributed by atoms with Crippen LogP contribution in [0.3, 0.4) is 0 Å². The third-order valence-corrected chi connectivity index (χ3v) is 3.76. The van der Waals surface area contributed by atoms with E-state index in [9.17, 15) is 4.79 Å². The molecule has 118 valence electrons. The van der Waals surface area contributed by atoms with Gasteiger partial charge in [0.05, 0.1) is 6.54 Å². The van der Waals surface area contributed by atoms with Crippen LogP contribution in [-0.2, 0) is 11.3 Å². The predicted molar refractivity (Wildman–Crippen MR) is 85.7 cm³/mol. The van der Waals surface area contributed by atoms with Gasteiger partial charge in [-0.15, -0.1) is 0 Å². The first kappa shape index (κ1) is 16.2. The minimum atomic E-state index is -0.802. The van der Waals surface area contributed by atoms with Gasteiger partial charge in [-0.1, -0.05) is 37.3 Å². The number of nitrogens with one attached hydrogen (secondary N) is 1. The number of carbonyl (C=O) groups is 1. The lowest BCUT2D eigenvalue weighted by Gasteiger charge is -2.21. The van der Waals surface area contributed by atoms with Gasteiger partial charge in [0.2, 0.25) is 0 Å². The molecule has 0 saturated carbocycles. The molecule has 1 aromatic heterocycles. The molecule has 22 heavy (non-hydrogen) atoms. The number of carboxylic acids is 1. The molecule has 1 heterocycles. The van der Waals surface area contributed by atoms with Gasteiger partial charge < -0.3 is 10.1 Å². The molecule has 0 radical (unpaired) electrons. The lowest BCUT2D eigenvalue weighted by atomic mass is 9.98. The van der Waals surface area contributed by atoms with Crippen LogP contribution in [0.4, 0.5) is 0 Å². The van der Waals surface area contributed by atoms with Crippen molar-refractivity contribution in [3.05, 3.63) is 53.6 Å². The van der Waals surface area contributed by atoms with Crippen LogP contribution in [0.15, 0.2) is 36.5 Å². The number of hydrogen-bond donors (Lipinski definition) is 2. The number of aryl methyl sites for hydroxylation is 1. The Morgan fingerprint density at radius 3 is 2.68 bits per heavy atom. The number of imidazole rings is 1. The average Bonchev–Trinajstić information content (AvgIpc) is 2.90. The summed E-state index contributed by atoms with van der Waals surface area (Å²) in [6, 6.07) is 10.3. The van der Waals surface area contributed by atoms with Gasteiger partial charge in [-0.25, -0.2) is 4.98 Å². The van der Waals surface area contributed by atoms with E-state index in [2.05, 4.69) is 29.0 Å². The fourth-order valence-electron chi connectivity index (χ4n) is 2.52. The molecule has 0 aliphatic carbocycles. The second kappa shape index (κ2) is 7.75. The van der Waals surface area contributed by atoms with Crippen LogP contribution in [0.5, 0.6) is 0 Å². The summed E-state index contributed by atoms with van der Waals surface area (Å²) < 4.78 is 0. The van der Waals surface area contributed by atoms with Crippen LogP contribution in [0.25, 0.3) is 0 Å². The maximum atomic E-state index is 11.1. The maximum Gasteiger partial charge on any atom is 0.317 e. The number of nitrogens with zero attached hydrogens (tertiary/aromatic N) is 2. The number of hydrogen-bond acceptors (Lipinski definition) is 3. The quantitative estimate of drug-likeness (QED) is 0.786. The lowest BCUT2D eigenvalue weighted by molar-refractivity contribution is -0.138.